The number of hydrogen-bond acceptors (Lipinski definition) is 9. The number of nitrogens with zero attached hydrogens (tertiary/aromatic N) is 6. The number of nitrogens with one attached hydrogen (secondary N) is 1. The van der Waals surface area contributed by atoms with Gasteiger partial charge in [-0.1, -0.05) is 0 Å². The quantitative estimate of drug-likeness (QED) is 0.420. The van der Waals surface area contributed by atoms with Gasteiger partial charge in [0.05, 0.1) is 36.2 Å². The van der Waals surface area contributed by atoms with Crippen molar-refractivity contribution in [1.29, 1.82) is 5.26 Å². The molecule has 1 aliphatic rings. The summed E-state index contributed by atoms with van der Waals surface area (Å²) < 4.78 is 12.0. The van der Waals surface area contributed by atoms with Crippen molar-refractivity contribution in [3.8, 4) is 28.8 Å². The molecule has 0 spiro atoms. The molecule has 4 aromatic rings. The van der Waals surface area contributed by atoms with E-state index in [9.17, 15) is 10.4 Å². The number of aliphatic hydroxyl groups is 1. The van der Waals surface area contributed by atoms with Gasteiger partial charge in [-0.05, 0) is 44.9 Å². The summed E-state index contributed by atoms with van der Waals surface area (Å²) in [6.45, 7) is 7.00. The SMILES string of the molecule is COc1cc2[nH]nc(-c3cnc(N4CC[C@H](O)C4)c(C#N)c3)c2cc1OC(C)c1c(C)cnnc1C. The number of aromatic nitrogens is 5. The topological polar surface area (TPSA) is 133 Å². The van der Waals surface area contributed by atoms with Crippen LogP contribution in [0.25, 0.3) is 22.2 Å². The summed E-state index contributed by atoms with van der Waals surface area (Å²) in [6, 6.07) is 7.76. The fraction of sp³-hybridized carbons (Fsp3) is 0.346. The molecule has 10 nitrogen and oxygen atoms in total. The van der Waals surface area contributed by atoms with Gasteiger partial charge in [0.2, 0.25) is 0 Å². The van der Waals surface area contributed by atoms with Gasteiger partial charge in [0.1, 0.15) is 23.7 Å². The first-order chi connectivity index (χ1) is 17.4. The molecule has 1 unspecified atom stereocenters. The molecule has 1 fully saturated rings. The van der Waals surface area contributed by atoms with E-state index in [-0.39, 0.29) is 6.10 Å². The number of nitriles is 1. The molecule has 1 aliphatic heterocycles. The molecule has 1 aromatic carbocycles. The summed E-state index contributed by atoms with van der Waals surface area (Å²) >= 11 is 0. The molecular weight excluding hydrogens is 458 g/mol. The van der Waals surface area contributed by atoms with Crippen LogP contribution in [0.2, 0.25) is 0 Å². The second-order valence-electron chi connectivity index (χ2n) is 9.00. The minimum Gasteiger partial charge on any atom is -0.493 e. The molecule has 10 heteroatoms. The Hall–Kier alpha value is -4.23. The van der Waals surface area contributed by atoms with Crippen LogP contribution < -0.4 is 14.4 Å². The Bertz CT molecular complexity index is 1460. The first-order valence-electron chi connectivity index (χ1n) is 11.7. The Labute approximate surface area is 208 Å². The number of aliphatic hydroxyl groups excluding tert-OH is 1. The standard InChI is InChI=1S/C26H27N7O3/c1-14-11-29-30-15(2)24(14)16(3)36-23-8-20-21(9-22(23)35-4)31-32-25(20)18-7-17(10-27)26(28-12-18)33-6-5-19(34)13-33/h7-9,11-12,16,19,34H,5-6,13H2,1-4H3,(H,31,32)/t16?,19-/m0/s1. The van der Waals surface area contributed by atoms with Crippen LogP contribution in [0, 0.1) is 25.2 Å². The molecule has 2 N–H and O–H groups in total. The summed E-state index contributed by atoms with van der Waals surface area (Å²) in [7, 11) is 1.59. The van der Waals surface area contributed by atoms with E-state index in [1.807, 2.05) is 37.8 Å². The number of aromatic amines is 1. The number of H-pyrrole nitrogens is 1. The second kappa shape index (κ2) is 9.43. The highest BCUT2D eigenvalue weighted by atomic mass is 16.5. The number of fused-ring (bicyclic) bond motifs is 1. The average Bonchev–Trinajstić information content (AvgIpc) is 3.48. The number of aryl methyl sites for hydroxylation is 2. The van der Waals surface area contributed by atoms with Crippen LogP contribution in [-0.2, 0) is 0 Å². The summed E-state index contributed by atoms with van der Waals surface area (Å²) in [5, 5.41) is 36.2. The third-order valence-electron chi connectivity index (χ3n) is 6.55. The second-order valence-corrected chi connectivity index (χ2v) is 9.00. The molecule has 2 atom stereocenters. The van der Waals surface area contributed by atoms with E-state index in [0.29, 0.717) is 53.6 Å². The largest absolute Gasteiger partial charge is 0.493 e. The van der Waals surface area contributed by atoms with Gasteiger partial charge >= 0.3 is 0 Å². The van der Waals surface area contributed by atoms with Crippen LogP contribution in [0.5, 0.6) is 11.5 Å². The minimum atomic E-state index is -0.403. The maximum absolute atomic E-state index is 9.89. The van der Waals surface area contributed by atoms with Crippen molar-refractivity contribution in [2.45, 2.75) is 39.4 Å². The van der Waals surface area contributed by atoms with Crippen molar-refractivity contribution in [1.82, 2.24) is 25.4 Å². The number of ether oxygens (including phenoxy) is 2. The van der Waals surface area contributed by atoms with E-state index in [4.69, 9.17) is 9.47 Å². The lowest BCUT2D eigenvalue weighted by Crippen LogP contribution is -2.23. The van der Waals surface area contributed by atoms with Gasteiger partial charge in [0.25, 0.3) is 0 Å². The number of methoxy groups -OCH3 is 1. The zero-order valence-corrected chi connectivity index (χ0v) is 20.6. The number of benzene rings is 1. The number of hydrogen-bond donors (Lipinski definition) is 2. The molecule has 0 aliphatic carbocycles. The van der Waals surface area contributed by atoms with Gasteiger partial charge in [-0.25, -0.2) is 4.98 Å². The van der Waals surface area contributed by atoms with Crippen molar-refractivity contribution in [2.24, 2.45) is 0 Å². The van der Waals surface area contributed by atoms with Gasteiger partial charge in [-0.15, -0.1) is 0 Å². The maximum Gasteiger partial charge on any atom is 0.162 e. The van der Waals surface area contributed by atoms with E-state index >= 15 is 0 Å². The Morgan fingerprint density at radius 2 is 2.06 bits per heavy atom. The molecule has 0 saturated carbocycles. The van der Waals surface area contributed by atoms with Gasteiger partial charge in [-0.2, -0.15) is 20.6 Å². The molecule has 0 amide bonds. The molecule has 4 heterocycles. The average molecular weight is 486 g/mol. The fourth-order valence-electron chi connectivity index (χ4n) is 4.83. The first kappa shape index (κ1) is 23.5. The predicted molar refractivity (Wildman–Crippen MR) is 134 cm³/mol. The number of rotatable bonds is 6. The Morgan fingerprint density at radius 1 is 1.22 bits per heavy atom. The van der Waals surface area contributed by atoms with Crippen molar-refractivity contribution >= 4 is 16.7 Å². The van der Waals surface area contributed by atoms with Crippen LogP contribution in [0.4, 0.5) is 5.82 Å². The van der Waals surface area contributed by atoms with E-state index in [0.717, 1.165) is 27.7 Å². The first-order valence-corrected chi connectivity index (χ1v) is 11.7. The van der Waals surface area contributed by atoms with Crippen molar-refractivity contribution in [3.05, 3.63) is 53.0 Å². The molecule has 1 saturated heterocycles. The normalized spacial score (nSPS) is 16.2. The molecule has 3 aromatic heterocycles. The van der Waals surface area contributed by atoms with E-state index in [2.05, 4.69) is 31.4 Å². The summed E-state index contributed by atoms with van der Waals surface area (Å²) in [5.74, 6) is 1.71. The smallest absolute Gasteiger partial charge is 0.162 e. The van der Waals surface area contributed by atoms with Gasteiger partial charge in [-0.3, -0.25) is 5.10 Å². The highest BCUT2D eigenvalue weighted by molar-refractivity contribution is 5.95. The Morgan fingerprint density at radius 3 is 2.75 bits per heavy atom. The van der Waals surface area contributed by atoms with Crippen molar-refractivity contribution in [2.75, 3.05) is 25.1 Å². The summed E-state index contributed by atoms with van der Waals surface area (Å²) in [5.41, 5.74) is 5.35. The molecule has 184 valence electrons. The number of pyridine rings is 1. The molecule has 5 rings (SSSR count). The van der Waals surface area contributed by atoms with Crippen molar-refractivity contribution in [3.63, 3.8) is 0 Å². The summed E-state index contributed by atoms with van der Waals surface area (Å²) in [4.78, 5) is 6.50. The van der Waals surface area contributed by atoms with E-state index in [1.54, 1.807) is 25.6 Å². The zero-order chi connectivity index (χ0) is 25.4. The van der Waals surface area contributed by atoms with E-state index in [1.165, 1.54) is 0 Å². The molecule has 0 radical (unpaired) electrons. The Kier molecular flexibility index (Phi) is 6.16. The number of β-amino-alcohol motifs (C(OH)–C–C–N with tert-alkyl or cyclic N) is 1. The fourth-order valence-corrected chi connectivity index (χ4v) is 4.83. The maximum atomic E-state index is 9.89. The molecule has 36 heavy (non-hydrogen) atoms. The molecular formula is C26H27N7O3. The van der Waals surface area contributed by atoms with Crippen LogP contribution >= 0.6 is 0 Å². The van der Waals surface area contributed by atoms with Gasteiger partial charge < -0.3 is 19.5 Å². The van der Waals surface area contributed by atoms with E-state index < -0.39 is 6.10 Å². The minimum absolute atomic E-state index is 0.288. The van der Waals surface area contributed by atoms with Gasteiger partial charge in [0.15, 0.2) is 11.5 Å². The molecule has 0 bridgehead atoms. The lowest BCUT2D eigenvalue weighted by atomic mass is 10.0. The Balaban J connectivity index is 1.53. The third kappa shape index (κ3) is 4.18. The lowest BCUT2D eigenvalue weighted by Gasteiger charge is -2.20. The highest BCUT2D eigenvalue weighted by Gasteiger charge is 2.25. The monoisotopic (exact) mass is 485 g/mol. The van der Waals surface area contributed by atoms with Crippen LogP contribution in [0.15, 0.2) is 30.6 Å². The third-order valence-corrected chi connectivity index (χ3v) is 6.55. The van der Waals surface area contributed by atoms with Crippen LogP contribution in [0.3, 0.4) is 0 Å². The van der Waals surface area contributed by atoms with Crippen molar-refractivity contribution < 1.29 is 14.6 Å². The van der Waals surface area contributed by atoms with Crippen LogP contribution in [-0.4, -0.2) is 56.8 Å². The highest BCUT2D eigenvalue weighted by Crippen LogP contribution is 2.39. The van der Waals surface area contributed by atoms with Gasteiger partial charge in [0, 0.05) is 41.9 Å². The summed E-state index contributed by atoms with van der Waals surface area (Å²) in [6.07, 6.45) is 3.40. The lowest BCUT2D eigenvalue weighted by molar-refractivity contribution is 0.198. The van der Waals surface area contributed by atoms with Crippen LogP contribution in [0.1, 0.15) is 41.8 Å². The number of anilines is 1. The predicted octanol–water partition coefficient (Wildman–Crippen LogP) is 3.62. The zero-order valence-electron chi connectivity index (χ0n) is 20.6.